The van der Waals surface area contributed by atoms with Gasteiger partial charge in [-0.05, 0) is 11.6 Å². The van der Waals surface area contributed by atoms with Crippen LogP contribution in [0.15, 0.2) is 6.30 Å². The highest BCUT2D eigenvalue weighted by molar-refractivity contribution is 7.91. The summed E-state index contributed by atoms with van der Waals surface area (Å²) in [5, 5.41) is -0.243. The fraction of sp³-hybridized carbons (Fsp3) is 0.727. The average Bonchev–Trinajstić information content (AvgIpc) is 2.45. The monoisotopic (exact) mass is 439 g/mol. The molecule has 0 bridgehead atoms. The van der Waals surface area contributed by atoms with Crippen LogP contribution in [-0.2, 0) is 19.7 Å². The summed E-state index contributed by atoms with van der Waals surface area (Å²) >= 11 is 16.6. The highest BCUT2D eigenvalue weighted by atomic mass is 35.5. The van der Waals surface area contributed by atoms with Gasteiger partial charge < -0.3 is 4.90 Å². The van der Waals surface area contributed by atoms with Crippen molar-refractivity contribution in [3.05, 3.63) is 11.6 Å². The van der Waals surface area contributed by atoms with E-state index in [-0.39, 0.29) is 59.1 Å². The zero-order valence-electron chi connectivity index (χ0n) is 13.5. The first kappa shape index (κ1) is 19.9. The Bertz CT molecular complexity index is 719. The molecule has 0 aliphatic heterocycles. The van der Waals surface area contributed by atoms with E-state index in [1.54, 1.807) is 0 Å². The molecule has 1 heterocycles. The molecule has 8 nitrogen and oxygen atoms in total. The number of alkyl halides is 2. The fourth-order valence-corrected chi connectivity index (χ4v) is 5.03. The third-order valence-corrected chi connectivity index (χ3v) is 7.14. The van der Waals surface area contributed by atoms with Crippen molar-refractivity contribution in [2.75, 3.05) is 52.8 Å². The summed E-state index contributed by atoms with van der Waals surface area (Å²) in [6.45, 7) is -0.148. The quantitative estimate of drug-likeness (QED) is 0.461. The number of halogens is 3. The van der Waals surface area contributed by atoms with Crippen molar-refractivity contribution in [3.63, 3.8) is 0 Å². The van der Waals surface area contributed by atoms with Gasteiger partial charge in [0.25, 0.3) is 0 Å². The van der Waals surface area contributed by atoms with Gasteiger partial charge >= 0.3 is 0 Å². The van der Waals surface area contributed by atoms with Crippen molar-refractivity contribution in [3.8, 4) is 0 Å². The Hall–Kier alpha value is -0.420. The van der Waals surface area contributed by atoms with Gasteiger partial charge in [0, 0.05) is 24.8 Å². The van der Waals surface area contributed by atoms with Crippen LogP contribution < -0.4 is 4.90 Å². The molecule has 0 fully saturated rings. The van der Waals surface area contributed by atoms with Crippen LogP contribution in [0.4, 0.5) is 5.95 Å². The molecule has 1 rings (SSSR count). The largest absolute Gasteiger partial charge is 0.339 e. The van der Waals surface area contributed by atoms with Gasteiger partial charge in [0.2, 0.25) is 11.2 Å². The summed E-state index contributed by atoms with van der Waals surface area (Å²) in [6, 6.07) is 0. The topological polar surface area (TPSA) is 110 Å². The molecule has 138 valence electrons. The first-order valence-corrected chi connectivity index (χ1v) is 11.8. The molecule has 0 radical (unpaired) electrons. The highest BCUT2D eigenvalue weighted by Gasteiger charge is 2.19. The minimum Gasteiger partial charge on any atom is -0.339 e. The number of nitrogens with zero attached hydrogens (tertiary/aromatic N) is 4. The maximum Gasteiger partial charge on any atom is 0.229 e. The third-order valence-electron chi connectivity index (χ3n) is 2.89. The van der Waals surface area contributed by atoms with Crippen LogP contribution in [0, 0.1) is 0 Å². The normalized spacial score (nSPS) is 12.9. The van der Waals surface area contributed by atoms with Gasteiger partial charge in [0.15, 0.2) is 19.7 Å². The van der Waals surface area contributed by atoms with Crippen molar-refractivity contribution in [1.82, 2.24) is 15.0 Å². The molecule has 0 amide bonds. The minimum atomic E-state index is -3.41. The molecule has 0 N–H and O–H groups in total. The summed E-state index contributed by atoms with van der Waals surface area (Å²) in [7, 11) is -6.83. The first-order valence-electron chi connectivity index (χ1n) is 7.24. The lowest BCUT2D eigenvalue weighted by molar-refractivity contribution is 0.594. The lowest BCUT2D eigenvalue weighted by Gasteiger charge is -2.22. The maximum atomic E-state index is 11.8. The Morgan fingerprint density at radius 3 is 1.88 bits per heavy atom. The van der Waals surface area contributed by atoms with Crippen LogP contribution in [-0.4, -0.2) is 79.6 Å². The number of rotatable bonds is 11. The van der Waals surface area contributed by atoms with E-state index in [4.69, 9.17) is 36.2 Å². The number of aromatic nitrogens is 3. The average molecular weight is 441 g/mol. The Kier molecular flexibility index (Phi) is 8.21. The predicted molar refractivity (Wildman–Crippen MR) is 95.8 cm³/mol. The molecule has 0 spiro atoms. The Labute approximate surface area is 157 Å². The van der Waals surface area contributed by atoms with Crippen molar-refractivity contribution in [2.45, 2.75) is 0 Å². The van der Waals surface area contributed by atoms with Crippen molar-refractivity contribution in [1.29, 1.82) is 0 Å². The van der Waals surface area contributed by atoms with Crippen LogP contribution in [0.5, 0.6) is 0 Å². The second kappa shape index (κ2) is 9.91. The molecule has 0 saturated carbocycles. The summed E-state index contributed by atoms with van der Waals surface area (Å²) in [4.78, 5) is 12.4. The molecule has 0 aromatic carbocycles. The fourth-order valence-electron chi connectivity index (χ4n) is 1.63. The van der Waals surface area contributed by atoms with Crippen LogP contribution in [0.3, 0.4) is 0 Å². The SMILES string of the molecule is [2H]c1nc(Cl)nc(N(CCS(=O)(=O)CCCl)CCS(=O)(=O)CCCl)n1. The summed E-state index contributed by atoms with van der Waals surface area (Å²) in [6.07, 6.45) is -0.410. The van der Waals surface area contributed by atoms with E-state index < -0.39 is 26.0 Å². The van der Waals surface area contributed by atoms with Gasteiger partial charge in [-0.3, -0.25) is 0 Å². The molecule has 1 aromatic heterocycles. The van der Waals surface area contributed by atoms with E-state index in [1.807, 2.05) is 0 Å². The third kappa shape index (κ3) is 8.11. The summed E-state index contributed by atoms with van der Waals surface area (Å²) < 4.78 is 54.8. The maximum absolute atomic E-state index is 11.8. The second-order valence-electron chi connectivity index (χ2n) is 4.67. The van der Waals surface area contributed by atoms with Gasteiger partial charge in [0.05, 0.1) is 23.0 Å². The van der Waals surface area contributed by atoms with E-state index in [9.17, 15) is 16.8 Å². The van der Waals surface area contributed by atoms with E-state index in [0.29, 0.717) is 0 Å². The lowest BCUT2D eigenvalue weighted by atomic mass is 10.5. The lowest BCUT2D eigenvalue weighted by Crippen LogP contribution is -2.36. The summed E-state index contributed by atoms with van der Waals surface area (Å²) in [5.41, 5.74) is 0. The van der Waals surface area contributed by atoms with Crippen molar-refractivity contribution >= 4 is 60.4 Å². The number of anilines is 1. The van der Waals surface area contributed by atoms with Gasteiger partial charge in [0.1, 0.15) is 7.67 Å². The zero-order valence-corrected chi connectivity index (χ0v) is 16.4. The molecule has 0 aliphatic carbocycles. The predicted octanol–water partition coefficient (Wildman–Crippen LogP) is 0.639. The molecule has 13 heteroatoms. The van der Waals surface area contributed by atoms with E-state index in [2.05, 4.69) is 15.0 Å². The number of sulfone groups is 2. The molecule has 0 atom stereocenters. The van der Waals surface area contributed by atoms with Crippen molar-refractivity contribution < 1.29 is 18.2 Å². The molecular weight excluding hydrogens is 423 g/mol. The van der Waals surface area contributed by atoms with E-state index in [0.717, 1.165) is 0 Å². The van der Waals surface area contributed by atoms with Gasteiger partial charge in [-0.2, -0.15) is 4.98 Å². The number of hydrogen-bond acceptors (Lipinski definition) is 8. The van der Waals surface area contributed by atoms with E-state index >= 15 is 0 Å². The van der Waals surface area contributed by atoms with E-state index in [1.165, 1.54) is 4.90 Å². The summed E-state index contributed by atoms with van der Waals surface area (Å²) in [5.74, 6) is -1.09. The molecule has 0 aliphatic rings. The molecule has 24 heavy (non-hydrogen) atoms. The second-order valence-corrected chi connectivity index (χ2v) is 10.4. The molecular formula is C11H17Cl3N4O4S2. The van der Waals surface area contributed by atoms with Crippen LogP contribution in [0.1, 0.15) is 1.37 Å². The smallest absolute Gasteiger partial charge is 0.229 e. The zero-order chi connectivity index (χ0) is 19.1. The van der Waals surface area contributed by atoms with Gasteiger partial charge in [-0.15, -0.1) is 23.2 Å². The van der Waals surface area contributed by atoms with Crippen molar-refractivity contribution in [2.24, 2.45) is 0 Å². The highest BCUT2D eigenvalue weighted by Crippen LogP contribution is 2.10. The molecule has 1 aromatic rings. The number of hydrogen-bond donors (Lipinski definition) is 0. The minimum absolute atomic E-state index is 0.0408. The van der Waals surface area contributed by atoms with Crippen LogP contribution in [0.25, 0.3) is 0 Å². The Balaban J connectivity index is 2.97. The Morgan fingerprint density at radius 2 is 1.46 bits per heavy atom. The van der Waals surface area contributed by atoms with Gasteiger partial charge in [-0.25, -0.2) is 26.8 Å². The van der Waals surface area contributed by atoms with Crippen LogP contribution in [0.2, 0.25) is 5.28 Å². The van der Waals surface area contributed by atoms with Crippen LogP contribution >= 0.6 is 34.8 Å². The van der Waals surface area contributed by atoms with Gasteiger partial charge in [-0.1, -0.05) is 0 Å². The molecule has 0 unspecified atom stereocenters. The molecule has 0 saturated heterocycles. The Morgan fingerprint density at radius 1 is 0.958 bits per heavy atom. The first-order chi connectivity index (χ1) is 11.6. The standard InChI is InChI=1S/C11H17Cl3N4O4S2/c12-1-5-23(19,20)7-3-18(4-8-24(21,22)6-2-13)11-16-9-15-10(14)17-11/h9H,1-8H2/i9D.